The maximum absolute atomic E-state index is 6.43. The highest BCUT2D eigenvalue weighted by atomic mass is 16.5. The molecule has 5 rings (SSSR count). The van der Waals surface area contributed by atoms with E-state index in [1.165, 1.54) is 0 Å². The Morgan fingerprint density at radius 1 is 0.529 bits per heavy atom. The van der Waals surface area contributed by atoms with E-state index >= 15 is 0 Å². The van der Waals surface area contributed by atoms with E-state index in [9.17, 15) is 0 Å². The Kier molecular flexibility index (Phi) is 6.65. The summed E-state index contributed by atoms with van der Waals surface area (Å²) in [6.45, 7) is 13.2. The number of rotatable bonds is 10. The van der Waals surface area contributed by atoms with Crippen molar-refractivity contribution in [2.24, 2.45) is 0 Å². The zero-order valence-corrected chi connectivity index (χ0v) is 19.9. The Bertz CT molecular complexity index is 1040. The summed E-state index contributed by atoms with van der Waals surface area (Å²) in [6, 6.07) is 16.8. The summed E-state index contributed by atoms with van der Waals surface area (Å²) < 4.78 is 12.9. The number of fused-ring (bicyclic) bond motifs is 2. The van der Waals surface area contributed by atoms with Crippen molar-refractivity contribution in [1.29, 1.82) is 0 Å². The third kappa shape index (κ3) is 4.58. The Labute approximate surface area is 202 Å². The molecule has 6 heteroatoms. The molecule has 0 atom stereocenters. The summed E-state index contributed by atoms with van der Waals surface area (Å²) in [5.74, 6) is 1.84. The molecule has 0 saturated heterocycles. The molecule has 0 unspecified atom stereocenters. The Balaban J connectivity index is 1.36. The van der Waals surface area contributed by atoms with Crippen LogP contribution in [0, 0.1) is 13.3 Å². The van der Waals surface area contributed by atoms with Crippen LogP contribution in [-0.4, -0.2) is 59.0 Å². The molecule has 3 aromatic rings. The van der Waals surface area contributed by atoms with Gasteiger partial charge in [0.25, 0.3) is 0 Å². The van der Waals surface area contributed by atoms with Crippen LogP contribution in [-0.2, 0) is 0 Å². The Morgan fingerprint density at radius 2 is 0.882 bits per heavy atom. The van der Waals surface area contributed by atoms with Crippen molar-refractivity contribution < 1.29 is 9.47 Å². The van der Waals surface area contributed by atoms with Crippen molar-refractivity contribution in [3.63, 3.8) is 0 Å². The van der Waals surface area contributed by atoms with Gasteiger partial charge in [-0.15, -0.1) is 0 Å². The average molecular weight is 457 g/mol. The van der Waals surface area contributed by atoms with Gasteiger partial charge in [-0.05, 0) is 13.8 Å². The standard InChI is InChI=1S/C28H32N4O2/c1-3-29-13-15-31(21-29)17-19-33-27-23-9-5-7-11-25(23)28(26-12-8-6-10-24(26)27)34-20-18-32-16-14-30(4-2)22-32/h5-16,21-22H,3-4,17-20H2,1-2H3. The molecule has 0 spiro atoms. The fourth-order valence-corrected chi connectivity index (χ4v) is 4.38. The van der Waals surface area contributed by atoms with Crippen LogP contribution in [0.2, 0.25) is 0 Å². The molecule has 0 amide bonds. The number of ether oxygens (including phenoxy) is 2. The number of nitrogens with zero attached hydrogens (tertiary/aromatic N) is 4. The summed E-state index contributed by atoms with van der Waals surface area (Å²) in [5.41, 5.74) is 0. The molecule has 0 N–H and O–H groups in total. The largest absolute Gasteiger partial charge is 0.490 e. The molecule has 2 heterocycles. The minimum atomic E-state index is 0.595. The van der Waals surface area contributed by atoms with Crippen molar-refractivity contribution in [1.82, 2.24) is 19.6 Å². The zero-order chi connectivity index (χ0) is 23.3. The minimum Gasteiger partial charge on any atom is -0.490 e. The van der Waals surface area contributed by atoms with Gasteiger partial charge in [-0.1, -0.05) is 48.5 Å². The van der Waals surface area contributed by atoms with Gasteiger partial charge in [0.1, 0.15) is 38.1 Å². The van der Waals surface area contributed by atoms with E-state index < -0.39 is 0 Å². The molecule has 3 aromatic carbocycles. The molecule has 6 nitrogen and oxygen atoms in total. The summed E-state index contributed by atoms with van der Waals surface area (Å²) in [4.78, 5) is 8.64. The van der Waals surface area contributed by atoms with Crippen LogP contribution in [0.3, 0.4) is 0 Å². The normalized spacial score (nSPS) is 15.4. The second-order valence-corrected chi connectivity index (χ2v) is 8.41. The summed E-state index contributed by atoms with van der Waals surface area (Å²) in [6.07, 6.45) is 8.36. The Morgan fingerprint density at radius 3 is 1.21 bits per heavy atom. The molecule has 0 saturated carbocycles. The van der Waals surface area contributed by atoms with Crippen LogP contribution in [0.5, 0.6) is 11.5 Å². The molecule has 2 radical (unpaired) electrons. The topological polar surface area (TPSA) is 31.4 Å². The molecular formula is C28H32N4O2. The van der Waals surface area contributed by atoms with E-state index in [2.05, 4.69) is 120 Å². The molecule has 0 bridgehead atoms. The van der Waals surface area contributed by atoms with Crippen LogP contribution in [0.15, 0.2) is 73.3 Å². The predicted octanol–water partition coefficient (Wildman–Crippen LogP) is 5.21. The maximum atomic E-state index is 6.43. The van der Waals surface area contributed by atoms with E-state index in [4.69, 9.17) is 9.47 Å². The summed E-state index contributed by atoms with van der Waals surface area (Å²) >= 11 is 0. The Hall–Kier alpha value is -3.54. The van der Waals surface area contributed by atoms with Crippen LogP contribution in [0.4, 0.5) is 0 Å². The zero-order valence-electron chi connectivity index (χ0n) is 19.9. The summed E-state index contributed by atoms with van der Waals surface area (Å²) in [5, 5.41) is 4.32. The molecular weight excluding hydrogens is 424 g/mol. The van der Waals surface area contributed by atoms with Crippen molar-refractivity contribution in [2.45, 2.75) is 13.8 Å². The lowest BCUT2D eigenvalue weighted by molar-refractivity contribution is 0.259. The first-order valence-electron chi connectivity index (χ1n) is 12.1. The van der Waals surface area contributed by atoms with Gasteiger partial charge < -0.3 is 29.1 Å². The van der Waals surface area contributed by atoms with Crippen molar-refractivity contribution in [3.8, 4) is 11.5 Å². The van der Waals surface area contributed by atoms with Crippen molar-refractivity contribution in [2.75, 3.05) is 39.4 Å². The van der Waals surface area contributed by atoms with Crippen molar-refractivity contribution >= 4 is 21.5 Å². The predicted molar refractivity (Wildman–Crippen MR) is 137 cm³/mol. The van der Waals surface area contributed by atoms with E-state index in [0.29, 0.717) is 13.2 Å². The second kappa shape index (κ2) is 10.2. The van der Waals surface area contributed by atoms with E-state index in [1.807, 2.05) is 0 Å². The molecule has 0 aliphatic carbocycles. The third-order valence-corrected chi connectivity index (χ3v) is 6.25. The highest BCUT2D eigenvalue weighted by Gasteiger charge is 2.18. The van der Waals surface area contributed by atoms with Gasteiger partial charge in [-0.2, -0.15) is 0 Å². The average Bonchev–Trinajstić information content (AvgIpc) is 3.54. The second-order valence-electron chi connectivity index (χ2n) is 8.41. The van der Waals surface area contributed by atoms with Crippen LogP contribution in [0.25, 0.3) is 21.5 Å². The van der Waals surface area contributed by atoms with Gasteiger partial charge in [0.15, 0.2) is 0 Å². The molecule has 176 valence electrons. The van der Waals surface area contributed by atoms with Crippen LogP contribution >= 0.6 is 0 Å². The van der Waals surface area contributed by atoms with E-state index in [-0.39, 0.29) is 0 Å². The van der Waals surface area contributed by atoms with E-state index in [0.717, 1.165) is 59.2 Å². The molecule has 2 aliphatic heterocycles. The van der Waals surface area contributed by atoms with Gasteiger partial charge in [0.2, 0.25) is 0 Å². The first-order valence-corrected chi connectivity index (χ1v) is 12.1. The number of hydrogen-bond donors (Lipinski definition) is 0. The van der Waals surface area contributed by atoms with Gasteiger partial charge in [-0.25, -0.2) is 0 Å². The van der Waals surface area contributed by atoms with Gasteiger partial charge in [-0.3, -0.25) is 0 Å². The van der Waals surface area contributed by atoms with Crippen LogP contribution in [0.1, 0.15) is 13.8 Å². The summed E-state index contributed by atoms with van der Waals surface area (Å²) in [7, 11) is 0. The number of benzene rings is 3. The highest BCUT2D eigenvalue weighted by Crippen LogP contribution is 2.42. The van der Waals surface area contributed by atoms with Gasteiger partial charge >= 0.3 is 0 Å². The minimum absolute atomic E-state index is 0.595. The molecule has 34 heavy (non-hydrogen) atoms. The smallest absolute Gasteiger partial charge is 0.141 e. The van der Waals surface area contributed by atoms with E-state index in [1.54, 1.807) is 0 Å². The SMILES string of the molecule is CCN1[CH]N(CCOc2c3ccccc3c(OCCN3[CH]N(CC)C=C3)c3ccccc23)C=C1. The lowest BCUT2D eigenvalue weighted by Gasteiger charge is -2.22. The monoisotopic (exact) mass is 456 g/mol. The first-order chi connectivity index (χ1) is 16.8. The lowest BCUT2D eigenvalue weighted by atomic mass is 10.0. The molecule has 0 aromatic heterocycles. The van der Waals surface area contributed by atoms with Gasteiger partial charge in [0.05, 0.1) is 13.1 Å². The highest BCUT2D eigenvalue weighted by molar-refractivity contribution is 6.11. The van der Waals surface area contributed by atoms with Crippen LogP contribution < -0.4 is 9.47 Å². The molecule has 0 fully saturated rings. The quantitative estimate of drug-likeness (QED) is 0.390. The fourth-order valence-electron chi connectivity index (χ4n) is 4.38. The number of hydrogen-bond acceptors (Lipinski definition) is 6. The lowest BCUT2D eigenvalue weighted by Crippen LogP contribution is -2.24. The van der Waals surface area contributed by atoms with Gasteiger partial charge in [0, 0.05) is 59.4 Å². The maximum Gasteiger partial charge on any atom is 0.141 e. The third-order valence-electron chi connectivity index (χ3n) is 6.25. The fraction of sp³-hybridized carbons (Fsp3) is 0.286. The molecule has 2 aliphatic rings. The van der Waals surface area contributed by atoms with Crippen molar-refractivity contribution in [3.05, 3.63) is 86.7 Å². The first kappa shape index (κ1) is 22.3.